The zero-order valence-corrected chi connectivity index (χ0v) is 21.6. The van der Waals surface area contributed by atoms with Crippen molar-refractivity contribution in [2.45, 2.75) is 58.8 Å². The van der Waals surface area contributed by atoms with Gasteiger partial charge in [0.15, 0.2) is 0 Å². The summed E-state index contributed by atoms with van der Waals surface area (Å²) in [5.41, 5.74) is 0.936. The number of guanidine groups is 1. The van der Waals surface area contributed by atoms with Crippen molar-refractivity contribution in [3.05, 3.63) is 70.2 Å². The molecule has 1 unspecified atom stereocenters. The van der Waals surface area contributed by atoms with Gasteiger partial charge in [-0.2, -0.15) is 0 Å². The molecule has 0 radical (unpaired) electrons. The molecule has 1 aliphatic heterocycles. The molecule has 2 aromatic rings. The topological polar surface area (TPSA) is 80.2 Å². The maximum Gasteiger partial charge on any atom is 0.417 e. The fourth-order valence-electron chi connectivity index (χ4n) is 3.29. The molecule has 0 fully saturated rings. The summed E-state index contributed by atoms with van der Waals surface area (Å²) < 4.78 is 10.9. The summed E-state index contributed by atoms with van der Waals surface area (Å²) in [4.78, 5) is 31.3. The predicted molar refractivity (Wildman–Crippen MR) is 136 cm³/mol. The first kappa shape index (κ1) is 26.1. The third-order valence-corrected chi connectivity index (χ3v) is 4.84. The van der Waals surface area contributed by atoms with Crippen LogP contribution in [0, 0.1) is 11.8 Å². The number of carbonyl (C=O) groups excluding carboxylic acids is 2. The molecule has 35 heavy (non-hydrogen) atoms. The number of ether oxygens (including phenoxy) is 2. The van der Waals surface area contributed by atoms with Gasteiger partial charge in [-0.3, -0.25) is 5.32 Å². The summed E-state index contributed by atoms with van der Waals surface area (Å²) in [7, 11) is 0. The van der Waals surface area contributed by atoms with E-state index in [0.717, 1.165) is 16.7 Å². The number of hydrogen-bond acceptors (Lipinski definition) is 5. The first-order chi connectivity index (χ1) is 16.3. The maximum atomic E-state index is 13.1. The van der Waals surface area contributed by atoms with Gasteiger partial charge in [0, 0.05) is 16.1 Å². The van der Waals surface area contributed by atoms with Crippen molar-refractivity contribution in [3.8, 4) is 11.8 Å². The highest BCUT2D eigenvalue weighted by molar-refractivity contribution is 6.30. The van der Waals surface area contributed by atoms with E-state index in [-0.39, 0.29) is 12.5 Å². The van der Waals surface area contributed by atoms with Crippen LogP contribution in [0.4, 0.5) is 9.59 Å². The van der Waals surface area contributed by atoms with Crippen LogP contribution in [-0.2, 0) is 9.47 Å². The lowest BCUT2D eigenvalue weighted by Crippen LogP contribution is -2.48. The van der Waals surface area contributed by atoms with Crippen LogP contribution in [0.3, 0.4) is 0 Å². The van der Waals surface area contributed by atoms with Crippen LogP contribution in [-0.4, -0.2) is 40.8 Å². The Morgan fingerprint density at radius 2 is 1.57 bits per heavy atom. The Labute approximate surface area is 211 Å². The molecule has 1 atom stereocenters. The van der Waals surface area contributed by atoms with Gasteiger partial charge in [-0.05, 0) is 77.4 Å². The van der Waals surface area contributed by atoms with Crippen LogP contribution < -0.4 is 5.32 Å². The number of aliphatic imine (C=N–C) groups is 1. The van der Waals surface area contributed by atoms with E-state index in [1.54, 1.807) is 53.7 Å². The normalized spacial score (nSPS) is 15.6. The Morgan fingerprint density at radius 1 is 0.971 bits per heavy atom. The number of alkyl carbamates (subject to hydrolysis) is 1. The third kappa shape index (κ3) is 7.76. The monoisotopic (exact) mass is 495 g/mol. The minimum atomic E-state index is -0.731. The largest absolute Gasteiger partial charge is 0.444 e. The highest BCUT2D eigenvalue weighted by atomic mass is 35.5. The van der Waals surface area contributed by atoms with Gasteiger partial charge in [-0.15, -0.1) is 0 Å². The lowest BCUT2D eigenvalue weighted by molar-refractivity contribution is 0.0321. The van der Waals surface area contributed by atoms with Crippen LogP contribution >= 0.6 is 11.6 Å². The molecule has 0 spiro atoms. The fraction of sp³-hybridized carbons (Fsp3) is 0.370. The molecule has 8 heteroatoms. The Morgan fingerprint density at radius 3 is 2.17 bits per heavy atom. The molecule has 0 saturated heterocycles. The SMILES string of the molecule is CC(C)(C)OC(=O)NC1=NCC(c2cccc(C#Cc3cccc(Cl)c3)c2)N1C(=O)OC(C)(C)C. The van der Waals surface area contributed by atoms with Crippen molar-refractivity contribution in [1.29, 1.82) is 0 Å². The molecule has 0 aromatic heterocycles. The number of nitrogens with one attached hydrogen (secondary N) is 1. The van der Waals surface area contributed by atoms with E-state index in [4.69, 9.17) is 21.1 Å². The minimum Gasteiger partial charge on any atom is -0.444 e. The van der Waals surface area contributed by atoms with E-state index in [1.807, 2.05) is 36.4 Å². The van der Waals surface area contributed by atoms with Crippen molar-refractivity contribution >= 4 is 29.7 Å². The van der Waals surface area contributed by atoms with E-state index in [0.29, 0.717) is 5.02 Å². The second-order valence-corrected chi connectivity index (χ2v) is 10.5. The zero-order valence-electron chi connectivity index (χ0n) is 20.8. The van der Waals surface area contributed by atoms with Crippen LogP contribution in [0.5, 0.6) is 0 Å². The molecule has 184 valence electrons. The summed E-state index contributed by atoms with van der Waals surface area (Å²) in [5, 5.41) is 3.21. The highest BCUT2D eigenvalue weighted by Gasteiger charge is 2.38. The number of nitrogens with zero attached hydrogens (tertiary/aromatic N) is 2. The van der Waals surface area contributed by atoms with Gasteiger partial charge in [-0.25, -0.2) is 19.5 Å². The molecule has 0 bridgehead atoms. The van der Waals surface area contributed by atoms with Gasteiger partial charge >= 0.3 is 12.2 Å². The molecule has 2 amide bonds. The van der Waals surface area contributed by atoms with Crippen molar-refractivity contribution in [1.82, 2.24) is 10.2 Å². The molecule has 1 heterocycles. The molecule has 2 aromatic carbocycles. The second-order valence-electron chi connectivity index (χ2n) is 10.0. The molecule has 3 rings (SSSR count). The van der Waals surface area contributed by atoms with Gasteiger partial charge in [0.1, 0.15) is 11.2 Å². The summed E-state index contributed by atoms with van der Waals surface area (Å²) in [5.74, 6) is 6.31. The molecular weight excluding hydrogens is 466 g/mol. The first-order valence-corrected chi connectivity index (χ1v) is 11.6. The first-order valence-electron chi connectivity index (χ1n) is 11.2. The second kappa shape index (κ2) is 10.4. The molecule has 1 aliphatic rings. The van der Waals surface area contributed by atoms with Gasteiger partial charge in [-0.1, -0.05) is 41.6 Å². The number of rotatable bonds is 1. The van der Waals surface area contributed by atoms with Crippen LogP contribution in [0.15, 0.2) is 53.5 Å². The minimum absolute atomic E-state index is 0.0777. The lowest BCUT2D eigenvalue weighted by Gasteiger charge is -2.29. The van der Waals surface area contributed by atoms with Crippen LogP contribution in [0.25, 0.3) is 0 Å². The molecule has 0 aliphatic carbocycles. The Balaban J connectivity index is 1.87. The van der Waals surface area contributed by atoms with E-state index < -0.39 is 29.4 Å². The third-order valence-electron chi connectivity index (χ3n) is 4.60. The number of halogens is 1. The highest BCUT2D eigenvalue weighted by Crippen LogP contribution is 2.29. The van der Waals surface area contributed by atoms with Gasteiger partial charge < -0.3 is 9.47 Å². The number of carbonyl (C=O) groups is 2. The average Bonchev–Trinajstić information content (AvgIpc) is 3.13. The summed E-state index contributed by atoms with van der Waals surface area (Å²) in [6.07, 6.45) is -1.32. The fourth-order valence-corrected chi connectivity index (χ4v) is 3.48. The molecule has 7 nitrogen and oxygen atoms in total. The van der Waals surface area contributed by atoms with Crippen molar-refractivity contribution in [2.24, 2.45) is 4.99 Å². The predicted octanol–water partition coefficient (Wildman–Crippen LogP) is 5.91. The van der Waals surface area contributed by atoms with Crippen molar-refractivity contribution in [3.63, 3.8) is 0 Å². The standard InChI is InChI=1S/C27H30ClN3O4/c1-26(2,3)34-24(32)30-23-29-17-22(31(23)25(33)35-27(4,5)6)20-11-7-9-18(15-20)13-14-19-10-8-12-21(28)16-19/h7-12,15-16,22H,17H2,1-6H3,(H,29,30,32). The summed E-state index contributed by atoms with van der Waals surface area (Å²) in [6, 6.07) is 14.4. The number of benzene rings is 2. The van der Waals surface area contributed by atoms with Gasteiger partial charge in [0.05, 0.1) is 12.6 Å². The van der Waals surface area contributed by atoms with Gasteiger partial charge in [0.25, 0.3) is 0 Å². The average molecular weight is 496 g/mol. The van der Waals surface area contributed by atoms with Crippen LogP contribution in [0.2, 0.25) is 5.02 Å². The summed E-state index contributed by atoms with van der Waals surface area (Å²) in [6.45, 7) is 10.9. The lowest BCUT2D eigenvalue weighted by atomic mass is 10.0. The van der Waals surface area contributed by atoms with E-state index >= 15 is 0 Å². The van der Waals surface area contributed by atoms with E-state index in [2.05, 4.69) is 22.2 Å². The zero-order chi connectivity index (χ0) is 25.8. The number of amides is 2. The Hall–Kier alpha value is -3.50. The summed E-state index contributed by atoms with van der Waals surface area (Å²) >= 11 is 6.05. The van der Waals surface area contributed by atoms with Gasteiger partial charge in [0.2, 0.25) is 5.96 Å². The molecule has 1 N–H and O–H groups in total. The molecular formula is C27H30ClN3O4. The van der Waals surface area contributed by atoms with Crippen LogP contribution in [0.1, 0.15) is 64.3 Å². The molecule has 0 saturated carbocycles. The van der Waals surface area contributed by atoms with Crippen molar-refractivity contribution < 1.29 is 19.1 Å². The van der Waals surface area contributed by atoms with E-state index in [9.17, 15) is 9.59 Å². The smallest absolute Gasteiger partial charge is 0.417 e. The van der Waals surface area contributed by atoms with Crippen molar-refractivity contribution in [2.75, 3.05) is 6.54 Å². The Bertz CT molecular complexity index is 1200. The quantitative estimate of drug-likeness (QED) is 0.498. The maximum absolute atomic E-state index is 13.1. The Kier molecular flexibility index (Phi) is 7.76. The number of hydrogen-bond donors (Lipinski definition) is 1. The van der Waals surface area contributed by atoms with E-state index in [1.165, 1.54) is 4.90 Å².